The van der Waals surface area contributed by atoms with Gasteiger partial charge in [0.25, 0.3) is 0 Å². The molecule has 0 aliphatic heterocycles. The summed E-state index contributed by atoms with van der Waals surface area (Å²) in [5, 5.41) is 17.5. The Balaban J connectivity index is 2.70. The number of amides is 1. The Morgan fingerprint density at radius 2 is 2.25 bits per heavy atom. The van der Waals surface area contributed by atoms with Crippen LogP contribution in [0.15, 0.2) is 23.5 Å². The lowest BCUT2D eigenvalue weighted by Crippen LogP contribution is -2.42. The van der Waals surface area contributed by atoms with Crippen molar-refractivity contribution in [3.8, 4) is 0 Å². The lowest BCUT2D eigenvalue weighted by molar-refractivity contribution is -0.128. The number of pyridine rings is 1. The van der Waals surface area contributed by atoms with Crippen molar-refractivity contribution >= 4 is 11.7 Å². The normalized spacial score (nSPS) is 12.2. The number of nitrogens with two attached hydrogens (primary N) is 1. The van der Waals surface area contributed by atoms with Crippen LogP contribution in [0.25, 0.3) is 0 Å². The second-order valence-electron chi connectivity index (χ2n) is 5.06. The van der Waals surface area contributed by atoms with Crippen LogP contribution in [0, 0.1) is 5.41 Å². The van der Waals surface area contributed by atoms with Gasteiger partial charge in [0.2, 0.25) is 5.91 Å². The molecule has 1 heterocycles. The molecule has 1 aromatic rings. The van der Waals surface area contributed by atoms with Crippen LogP contribution < -0.4 is 16.4 Å². The molecule has 7 heteroatoms. The molecule has 0 saturated carbocycles. The number of rotatable bonds is 6. The van der Waals surface area contributed by atoms with Crippen LogP contribution in [-0.2, 0) is 11.3 Å². The molecule has 0 saturated heterocycles. The van der Waals surface area contributed by atoms with E-state index in [0.29, 0.717) is 18.8 Å². The first-order valence-corrected chi connectivity index (χ1v) is 6.27. The number of carbonyl (C=O) groups excluding carboxylic acids is 1. The maximum atomic E-state index is 11.7. The van der Waals surface area contributed by atoms with Crippen molar-refractivity contribution in [3.63, 3.8) is 0 Å². The van der Waals surface area contributed by atoms with E-state index in [0.717, 1.165) is 5.56 Å². The van der Waals surface area contributed by atoms with Gasteiger partial charge in [-0.1, -0.05) is 11.2 Å². The van der Waals surface area contributed by atoms with Crippen molar-refractivity contribution in [1.29, 1.82) is 0 Å². The fourth-order valence-corrected chi connectivity index (χ4v) is 1.79. The van der Waals surface area contributed by atoms with E-state index in [1.165, 1.54) is 0 Å². The minimum atomic E-state index is -0.520. The van der Waals surface area contributed by atoms with Gasteiger partial charge in [-0.3, -0.25) is 9.78 Å². The summed E-state index contributed by atoms with van der Waals surface area (Å²) in [5.74, 6) is -0.0687. The van der Waals surface area contributed by atoms with Crippen molar-refractivity contribution < 1.29 is 10.0 Å². The van der Waals surface area contributed by atoms with E-state index in [4.69, 9.17) is 10.9 Å². The number of oxime groups is 1. The molecule has 1 amide bonds. The zero-order chi connectivity index (χ0) is 15.2. The third-order valence-electron chi connectivity index (χ3n) is 2.97. The summed E-state index contributed by atoms with van der Waals surface area (Å²) in [7, 11) is 1.61. The molecule has 0 atom stereocenters. The molecule has 1 rings (SSSR count). The number of amidine groups is 1. The third-order valence-corrected chi connectivity index (χ3v) is 2.97. The maximum Gasteiger partial charge on any atom is 0.226 e. The standard InChI is InChI=1S/C13H21N5O2/c1-13(2,12(19)15-3)8-16-7-9-5-4-6-17-10(9)11(14)18-20/h4-6,16,20H,7-8H2,1-3H3,(H2,14,18)(H,15,19). The van der Waals surface area contributed by atoms with Crippen LogP contribution in [0.5, 0.6) is 0 Å². The zero-order valence-electron chi connectivity index (χ0n) is 12.0. The minimum absolute atomic E-state index is 0.0343. The number of nitrogens with zero attached hydrogens (tertiary/aromatic N) is 2. The van der Waals surface area contributed by atoms with E-state index in [9.17, 15) is 4.79 Å². The Hall–Kier alpha value is -2.15. The van der Waals surface area contributed by atoms with Gasteiger partial charge < -0.3 is 21.6 Å². The lowest BCUT2D eigenvalue weighted by atomic mass is 9.92. The molecule has 0 radical (unpaired) electrons. The number of aromatic nitrogens is 1. The molecule has 1 aromatic heterocycles. The molecule has 20 heavy (non-hydrogen) atoms. The lowest BCUT2D eigenvalue weighted by Gasteiger charge is -2.23. The average molecular weight is 279 g/mol. The molecular formula is C13H21N5O2. The van der Waals surface area contributed by atoms with Gasteiger partial charge in [0.15, 0.2) is 5.84 Å². The van der Waals surface area contributed by atoms with Crippen molar-refractivity contribution in [2.45, 2.75) is 20.4 Å². The third kappa shape index (κ3) is 3.92. The quantitative estimate of drug-likeness (QED) is 0.254. The first-order chi connectivity index (χ1) is 9.42. The van der Waals surface area contributed by atoms with E-state index in [1.807, 2.05) is 19.9 Å². The van der Waals surface area contributed by atoms with Gasteiger partial charge in [-0.2, -0.15) is 0 Å². The van der Waals surface area contributed by atoms with Gasteiger partial charge in [-0.25, -0.2) is 0 Å². The van der Waals surface area contributed by atoms with Gasteiger partial charge in [0.05, 0.1) is 5.41 Å². The molecule has 0 bridgehead atoms. The van der Waals surface area contributed by atoms with Gasteiger partial charge in [0, 0.05) is 26.3 Å². The van der Waals surface area contributed by atoms with Crippen LogP contribution in [0.1, 0.15) is 25.1 Å². The van der Waals surface area contributed by atoms with E-state index in [-0.39, 0.29) is 11.7 Å². The summed E-state index contributed by atoms with van der Waals surface area (Å²) in [5.41, 5.74) is 6.28. The molecule has 0 spiro atoms. The summed E-state index contributed by atoms with van der Waals surface area (Å²) in [6.45, 7) is 4.68. The van der Waals surface area contributed by atoms with Crippen LogP contribution >= 0.6 is 0 Å². The molecule has 110 valence electrons. The van der Waals surface area contributed by atoms with Crippen molar-refractivity contribution in [2.24, 2.45) is 16.3 Å². The second kappa shape index (κ2) is 6.85. The molecule has 0 aromatic carbocycles. The van der Waals surface area contributed by atoms with Crippen molar-refractivity contribution in [1.82, 2.24) is 15.6 Å². The van der Waals surface area contributed by atoms with Crippen LogP contribution in [0.3, 0.4) is 0 Å². The van der Waals surface area contributed by atoms with E-state index in [1.54, 1.807) is 19.3 Å². The van der Waals surface area contributed by atoms with Crippen LogP contribution in [0.2, 0.25) is 0 Å². The molecule has 0 fully saturated rings. The highest BCUT2D eigenvalue weighted by atomic mass is 16.4. The van der Waals surface area contributed by atoms with Crippen molar-refractivity contribution in [2.75, 3.05) is 13.6 Å². The summed E-state index contributed by atoms with van der Waals surface area (Å²) in [6.07, 6.45) is 1.57. The first kappa shape index (κ1) is 15.9. The predicted octanol–water partition coefficient (Wildman–Crippen LogP) is 0.0379. The molecule has 0 unspecified atom stereocenters. The molecule has 5 N–H and O–H groups in total. The largest absolute Gasteiger partial charge is 0.409 e. The number of hydrogen-bond donors (Lipinski definition) is 4. The Kier molecular flexibility index (Phi) is 5.45. The Morgan fingerprint density at radius 3 is 2.85 bits per heavy atom. The number of hydrogen-bond acceptors (Lipinski definition) is 5. The number of nitrogens with one attached hydrogen (secondary N) is 2. The summed E-state index contributed by atoms with van der Waals surface area (Å²) in [6, 6.07) is 3.61. The van der Waals surface area contributed by atoms with Crippen LogP contribution in [0.4, 0.5) is 0 Å². The SMILES string of the molecule is CNC(=O)C(C)(C)CNCc1cccnc1/C(N)=N/O. The highest BCUT2D eigenvalue weighted by Crippen LogP contribution is 2.14. The average Bonchev–Trinajstić information content (AvgIpc) is 2.45. The van der Waals surface area contributed by atoms with E-state index >= 15 is 0 Å². The topological polar surface area (TPSA) is 113 Å². The molecule has 7 nitrogen and oxygen atoms in total. The summed E-state index contributed by atoms with van der Waals surface area (Å²) >= 11 is 0. The Morgan fingerprint density at radius 1 is 1.55 bits per heavy atom. The zero-order valence-corrected chi connectivity index (χ0v) is 12.0. The Bertz CT molecular complexity index is 499. The van der Waals surface area contributed by atoms with Crippen molar-refractivity contribution in [3.05, 3.63) is 29.6 Å². The number of carbonyl (C=O) groups is 1. The van der Waals surface area contributed by atoms with E-state index in [2.05, 4.69) is 20.8 Å². The highest BCUT2D eigenvalue weighted by molar-refractivity contribution is 5.96. The fraction of sp³-hybridized carbons (Fsp3) is 0.462. The molecule has 0 aliphatic carbocycles. The highest BCUT2D eigenvalue weighted by Gasteiger charge is 2.25. The monoisotopic (exact) mass is 279 g/mol. The maximum absolute atomic E-state index is 11.7. The first-order valence-electron chi connectivity index (χ1n) is 6.27. The summed E-state index contributed by atoms with van der Waals surface area (Å²) < 4.78 is 0. The molecular weight excluding hydrogens is 258 g/mol. The predicted molar refractivity (Wildman–Crippen MR) is 76.3 cm³/mol. The van der Waals surface area contributed by atoms with E-state index < -0.39 is 5.41 Å². The van der Waals surface area contributed by atoms with Gasteiger partial charge >= 0.3 is 0 Å². The van der Waals surface area contributed by atoms with Gasteiger partial charge in [-0.05, 0) is 25.5 Å². The van der Waals surface area contributed by atoms with Gasteiger partial charge in [-0.15, -0.1) is 0 Å². The summed E-state index contributed by atoms with van der Waals surface area (Å²) in [4.78, 5) is 15.7. The molecule has 0 aliphatic rings. The van der Waals surface area contributed by atoms with Crippen LogP contribution in [-0.4, -0.2) is 35.5 Å². The van der Waals surface area contributed by atoms with Gasteiger partial charge in [0.1, 0.15) is 5.69 Å². The smallest absolute Gasteiger partial charge is 0.226 e. The minimum Gasteiger partial charge on any atom is -0.409 e. The fourth-order valence-electron chi connectivity index (χ4n) is 1.79. The Labute approximate surface area is 118 Å². The second-order valence-corrected chi connectivity index (χ2v) is 5.06.